The van der Waals surface area contributed by atoms with Gasteiger partial charge >= 0.3 is 5.97 Å². The molecule has 6 nitrogen and oxygen atoms in total. The fraction of sp³-hybridized carbons (Fsp3) is 0.263. The number of rotatable bonds is 6. The first kappa shape index (κ1) is 16.8. The highest BCUT2D eigenvalue weighted by Crippen LogP contribution is 2.33. The van der Waals surface area contributed by atoms with Crippen LogP contribution in [-0.4, -0.2) is 37.7 Å². The highest BCUT2D eigenvalue weighted by atomic mass is 16.5. The molecule has 1 saturated heterocycles. The number of esters is 1. The molecule has 0 unspecified atom stereocenters. The van der Waals surface area contributed by atoms with E-state index in [9.17, 15) is 9.59 Å². The van der Waals surface area contributed by atoms with Crippen molar-refractivity contribution >= 4 is 17.6 Å². The van der Waals surface area contributed by atoms with Crippen LogP contribution in [0.2, 0.25) is 0 Å². The van der Waals surface area contributed by atoms with Gasteiger partial charge in [-0.3, -0.25) is 9.69 Å². The number of β-lactam (4-membered cyclic amide) rings is 1. The van der Waals surface area contributed by atoms with Crippen LogP contribution in [0.15, 0.2) is 54.6 Å². The van der Waals surface area contributed by atoms with Crippen molar-refractivity contribution in [2.24, 2.45) is 0 Å². The highest BCUT2D eigenvalue weighted by molar-refractivity contribution is 6.12. The average molecular weight is 341 g/mol. The summed E-state index contributed by atoms with van der Waals surface area (Å²) < 4.78 is 16.0. The van der Waals surface area contributed by atoms with Crippen molar-refractivity contribution in [3.05, 3.63) is 54.6 Å². The zero-order valence-corrected chi connectivity index (χ0v) is 14.0. The summed E-state index contributed by atoms with van der Waals surface area (Å²) in [5, 5.41) is 0. The van der Waals surface area contributed by atoms with E-state index >= 15 is 0 Å². The summed E-state index contributed by atoms with van der Waals surface area (Å²) in [5.74, 6) is 0.428. The molecule has 1 heterocycles. The molecule has 0 N–H and O–H groups in total. The van der Waals surface area contributed by atoms with Crippen LogP contribution < -0.4 is 14.4 Å². The van der Waals surface area contributed by atoms with Crippen molar-refractivity contribution in [1.82, 2.24) is 0 Å². The standard InChI is InChI=1S/C19H19NO5/c1-3-24-19(22)16-17(25-15-7-5-4-6-8-15)18(21)20(16)13-9-11-14(23-2)12-10-13/h4-12,16-17H,3H2,1-2H3/t16-,17-/m1/s1. The lowest BCUT2D eigenvalue weighted by molar-refractivity contribution is -0.156. The fourth-order valence-electron chi connectivity index (χ4n) is 2.71. The van der Waals surface area contributed by atoms with Crippen LogP contribution in [0.25, 0.3) is 0 Å². The molecule has 3 rings (SSSR count). The monoisotopic (exact) mass is 341 g/mol. The van der Waals surface area contributed by atoms with Crippen LogP contribution in [0.4, 0.5) is 5.69 Å². The van der Waals surface area contributed by atoms with Crippen molar-refractivity contribution in [1.29, 1.82) is 0 Å². The Bertz CT molecular complexity index is 744. The molecule has 0 saturated carbocycles. The van der Waals surface area contributed by atoms with Crippen LogP contribution >= 0.6 is 0 Å². The molecule has 0 aromatic heterocycles. The van der Waals surface area contributed by atoms with Gasteiger partial charge in [0.05, 0.1) is 13.7 Å². The molecule has 2 aromatic carbocycles. The van der Waals surface area contributed by atoms with E-state index in [0.717, 1.165) is 0 Å². The number of ether oxygens (including phenoxy) is 3. The molecule has 1 amide bonds. The number of methoxy groups -OCH3 is 1. The zero-order chi connectivity index (χ0) is 17.8. The van der Waals surface area contributed by atoms with Crippen LogP contribution in [-0.2, 0) is 14.3 Å². The Morgan fingerprint density at radius 2 is 1.72 bits per heavy atom. The SMILES string of the molecule is CCOC(=O)[C@H]1[C@@H](Oc2ccccc2)C(=O)N1c1ccc(OC)cc1. The van der Waals surface area contributed by atoms with E-state index in [1.807, 2.05) is 6.07 Å². The molecule has 6 heteroatoms. The van der Waals surface area contributed by atoms with E-state index in [1.165, 1.54) is 4.90 Å². The average Bonchev–Trinajstić information content (AvgIpc) is 2.65. The lowest BCUT2D eigenvalue weighted by Gasteiger charge is -2.44. The van der Waals surface area contributed by atoms with Gasteiger partial charge in [-0.1, -0.05) is 18.2 Å². The van der Waals surface area contributed by atoms with Crippen molar-refractivity contribution in [2.45, 2.75) is 19.1 Å². The summed E-state index contributed by atoms with van der Waals surface area (Å²) in [4.78, 5) is 26.4. The largest absolute Gasteiger partial charge is 0.497 e. The summed E-state index contributed by atoms with van der Waals surface area (Å²) in [5.41, 5.74) is 0.594. The van der Waals surface area contributed by atoms with Gasteiger partial charge in [0.2, 0.25) is 6.10 Å². The molecular formula is C19H19NO5. The van der Waals surface area contributed by atoms with Gasteiger partial charge in [-0.2, -0.15) is 0 Å². The minimum absolute atomic E-state index is 0.234. The number of carbonyl (C=O) groups excluding carboxylic acids is 2. The first-order chi connectivity index (χ1) is 12.2. The molecule has 130 valence electrons. The summed E-state index contributed by atoms with van der Waals surface area (Å²) >= 11 is 0. The van der Waals surface area contributed by atoms with Crippen molar-refractivity contribution in [3.63, 3.8) is 0 Å². The van der Waals surface area contributed by atoms with Gasteiger partial charge in [0, 0.05) is 5.69 Å². The third-order valence-electron chi connectivity index (χ3n) is 3.93. The van der Waals surface area contributed by atoms with Gasteiger partial charge in [0.25, 0.3) is 5.91 Å². The third kappa shape index (κ3) is 3.28. The van der Waals surface area contributed by atoms with E-state index in [0.29, 0.717) is 17.2 Å². The molecule has 0 spiro atoms. The fourth-order valence-corrected chi connectivity index (χ4v) is 2.71. The molecule has 1 fully saturated rings. The Morgan fingerprint density at radius 3 is 2.32 bits per heavy atom. The molecule has 1 aliphatic rings. The quantitative estimate of drug-likeness (QED) is 0.596. The first-order valence-corrected chi connectivity index (χ1v) is 8.01. The Balaban J connectivity index is 1.84. The molecule has 2 atom stereocenters. The maximum Gasteiger partial charge on any atom is 0.333 e. The minimum Gasteiger partial charge on any atom is -0.497 e. The van der Waals surface area contributed by atoms with E-state index in [1.54, 1.807) is 62.6 Å². The predicted octanol–water partition coefficient (Wildman–Crippen LogP) is 2.42. The van der Waals surface area contributed by atoms with Crippen molar-refractivity contribution in [3.8, 4) is 11.5 Å². The number of benzene rings is 2. The Morgan fingerprint density at radius 1 is 1.04 bits per heavy atom. The van der Waals surface area contributed by atoms with E-state index in [2.05, 4.69) is 0 Å². The molecule has 2 aromatic rings. The number of carbonyl (C=O) groups is 2. The number of hydrogen-bond donors (Lipinski definition) is 0. The van der Waals surface area contributed by atoms with Gasteiger partial charge in [0.15, 0.2) is 6.04 Å². The maximum atomic E-state index is 12.6. The smallest absolute Gasteiger partial charge is 0.333 e. The van der Waals surface area contributed by atoms with Crippen LogP contribution in [0.3, 0.4) is 0 Å². The van der Waals surface area contributed by atoms with Crippen LogP contribution in [0.1, 0.15) is 6.92 Å². The number of hydrogen-bond acceptors (Lipinski definition) is 5. The van der Waals surface area contributed by atoms with Gasteiger partial charge in [-0.15, -0.1) is 0 Å². The van der Waals surface area contributed by atoms with Gasteiger partial charge in [-0.05, 0) is 43.3 Å². The van der Waals surface area contributed by atoms with Gasteiger partial charge < -0.3 is 14.2 Å². The normalized spacial score (nSPS) is 19.1. The van der Waals surface area contributed by atoms with Crippen molar-refractivity contribution in [2.75, 3.05) is 18.6 Å². The van der Waals surface area contributed by atoms with Crippen LogP contribution in [0, 0.1) is 0 Å². The van der Waals surface area contributed by atoms with Crippen LogP contribution in [0.5, 0.6) is 11.5 Å². The first-order valence-electron chi connectivity index (χ1n) is 8.01. The molecule has 25 heavy (non-hydrogen) atoms. The number of anilines is 1. The number of para-hydroxylation sites is 1. The van der Waals surface area contributed by atoms with E-state index in [-0.39, 0.29) is 12.5 Å². The Labute approximate surface area is 145 Å². The Kier molecular flexibility index (Phi) is 4.88. The lowest BCUT2D eigenvalue weighted by atomic mass is 9.96. The maximum absolute atomic E-state index is 12.6. The zero-order valence-electron chi connectivity index (χ0n) is 14.0. The molecule has 0 aliphatic carbocycles. The van der Waals surface area contributed by atoms with E-state index in [4.69, 9.17) is 14.2 Å². The Hall–Kier alpha value is -3.02. The summed E-state index contributed by atoms with van der Waals surface area (Å²) in [6, 6.07) is 15.0. The molecular weight excluding hydrogens is 322 g/mol. The molecule has 1 aliphatic heterocycles. The second-order valence-electron chi connectivity index (χ2n) is 5.45. The summed E-state index contributed by atoms with van der Waals surface area (Å²) in [6.45, 7) is 1.96. The summed E-state index contributed by atoms with van der Waals surface area (Å²) in [7, 11) is 1.56. The second kappa shape index (κ2) is 7.25. The third-order valence-corrected chi connectivity index (χ3v) is 3.93. The van der Waals surface area contributed by atoms with Gasteiger partial charge in [-0.25, -0.2) is 4.79 Å². The molecule has 0 bridgehead atoms. The molecule has 0 radical (unpaired) electrons. The predicted molar refractivity (Wildman–Crippen MR) is 91.8 cm³/mol. The second-order valence-corrected chi connectivity index (χ2v) is 5.45. The van der Waals surface area contributed by atoms with Crippen molar-refractivity contribution < 1.29 is 23.8 Å². The highest BCUT2D eigenvalue weighted by Gasteiger charge is 2.55. The van der Waals surface area contributed by atoms with Gasteiger partial charge in [0.1, 0.15) is 11.5 Å². The lowest BCUT2D eigenvalue weighted by Crippen LogP contribution is -2.70. The number of amides is 1. The minimum atomic E-state index is -0.899. The topological polar surface area (TPSA) is 65.1 Å². The number of nitrogens with zero attached hydrogens (tertiary/aromatic N) is 1. The van der Waals surface area contributed by atoms with E-state index < -0.39 is 18.1 Å². The summed E-state index contributed by atoms with van der Waals surface area (Å²) in [6.07, 6.45) is -0.899.